The van der Waals surface area contributed by atoms with Crippen molar-refractivity contribution in [1.82, 2.24) is 4.57 Å². The van der Waals surface area contributed by atoms with E-state index in [0.29, 0.717) is 34.1 Å². The Labute approximate surface area is 168 Å². The van der Waals surface area contributed by atoms with E-state index in [-0.39, 0.29) is 17.6 Å². The number of aromatic nitrogens is 1. The van der Waals surface area contributed by atoms with E-state index in [1.54, 1.807) is 54.0 Å². The second-order valence-corrected chi connectivity index (χ2v) is 6.62. The van der Waals surface area contributed by atoms with E-state index in [1.807, 2.05) is 6.92 Å². The molecule has 0 spiro atoms. The van der Waals surface area contributed by atoms with Crippen LogP contribution in [0.25, 0.3) is 5.69 Å². The van der Waals surface area contributed by atoms with Crippen molar-refractivity contribution >= 4 is 23.2 Å². The topological polar surface area (TPSA) is 72.4 Å². The van der Waals surface area contributed by atoms with Gasteiger partial charge in [0, 0.05) is 24.0 Å². The Kier molecular flexibility index (Phi) is 5.68. The first-order valence-electron chi connectivity index (χ1n) is 9.02. The summed E-state index contributed by atoms with van der Waals surface area (Å²) in [5.41, 5.74) is 3.14. The highest BCUT2D eigenvalue weighted by Gasteiger charge is 2.19. The minimum Gasteiger partial charge on any atom is -0.495 e. The van der Waals surface area contributed by atoms with Crippen molar-refractivity contribution in [3.63, 3.8) is 0 Å². The number of para-hydroxylation sites is 1. The number of nitrogens with one attached hydrogen (secondary N) is 2. The van der Waals surface area contributed by atoms with E-state index in [9.17, 15) is 14.0 Å². The fraction of sp³-hybridized carbons (Fsp3) is 0.182. The summed E-state index contributed by atoms with van der Waals surface area (Å²) in [6, 6.07) is 13.1. The number of anilines is 2. The van der Waals surface area contributed by atoms with E-state index in [2.05, 4.69) is 10.6 Å². The quantitative estimate of drug-likeness (QED) is 0.670. The van der Waals surface area contributed by atoms with Gasteiger partial charge in [0.1, 0.15) is 11.6 Å². The van der Waals surface area contributed by atoms with E-state index in [4.69, 9.17) is 4.74 Å². The monoisotopic (exact) mass is 395 g/mol. The van der Waals surface area contributed by atoms with Crippen LogP contribution >= 0.6 is 0 Å². The Balaban J connectivity index is 1.92. The maximum Gasteiger partial charge on any atom is 0.257 e. The van der Waals surface area contributed by atoms with Crippen molar-refractivity contribution in [3.05, 3.63) is 71.3 Å². The molecule has 29 heavy (non-hydrogen) atoms. The number of aryl methyl sites for hydroxylation is 1. The van der Waals surface area contributed by atoms with Crippen molar-refractivity contribution < 1.29 is 18.7 Å². The summed E-state index contributed by atoms with van der Waals surface area (Å²) < 4.78 is 21.2. The number of ether oxygens (including phenoxy) is 1. The van der Waals surface area contributed by atoms with Gasteiger partial charge in [-0.05, 0) is 50.2 Å². The Bertz CT molecular complexity index is 1090. The average Bonchev–Trinajstić information content (AvgIpc) is 2.96. The van der Waals surface area contributed by atoms with E-state index in [1.165, 1.54) is 20.1 Å². The lowest BCUT2D eigenvalue weighted by Crippen LogP contribution is -2.14. The number of methoxy groups -OCH3 is 1. The first kappa shape index (κ1) is 20.1. The third kappa shape index (κ3) is 4.13. The SMILES string of the molecule is COc1ccc(NC(=O)c2cc(C)n(-c3ccccc3F)c2C)cc1NC(C)=O. The highest BCUT2D eigenvalue weighted by atomic mass is 19.1. The molecule has 0 bridgehead atoms. The number of amides is 2. The van der Waals surface area contributed by atoms with Gasteiger partial charge >= 0.3 is 0 Å². The first-order chi connectivity index (χ1) is 13.8. The fourth-order valence-corrected chi connectivity index (χ4v) is 3.27. The number of hydrogen-bond donors (Lipinski definition) is 2. The van der Waals surface area contributed by atoms with E-state index >= 15 is 0 Å². The standard InChI is InChI=1S/C22H22FN3O3/c1-13-11-17(14(2)26(13)20-8-6-5-7-18(20)23)22(28)25-16-9-10-21(29-4)19(12-16)24-15(3)27/h5-12H,1-4H3,(H,24,27)(H,25,28). The molecule has 2 aromatic carbocycles. The average molecular weight is 395 g/mol. The van der Waals surface area contributed by atoms with Crippen molar-refractivity contribution in [2.75, 3.05) is 17.7 Å². The summed E-state index contributed by atoms with van der Waals surface area (Å²) in [4.78, 5) is 24.3. The highest BCUT2D eigenvalue weighted by Crippen LogP contribution is 2.29. The van der Waals surface area contributed by atoms with Crippen LogP contribution in [-0.4, -0.2) is 23.5 Å². The van der Waals surface area contributed by atoms with Crippen molar-refractivity contribution in [2.24, 2.45) is 0 Å². The second kappa shape index (κ2) is 8.18. The molecular formula is C22H22FN3O3. The van der Waals surface area contributed by atoms with Gasteiger partial charge in [0.15, 0.2) is 0 Å². The van der Waals surface area contributed by atoms with Gasteiger partial charge in [-0.25, -0.2) is 4.39 Å². The predicted molar refractivity (Wildman–Crippen MR) is 110 cm³/mol. The highest BCUT2D eigenvalue weighted by molar-refractivity contribution is 6.06. The van der Waals surface area contributed by atoms with Crippen molar-refractivity contribution in [3.8, 4) is 11.4 Å². The van der Waals surface area contributed by atoms with Gasteiger partial charge in [-0.3, -0.25) is 9.59 Å². The minimum absolute atomic E-state index is 0.250. The van der Waals surface area contributed by atoms with Crippen LogP contribution < -0.4 is 15.4 Å². The Morgan fingerprint density at radius 2 is 1.76 bits per heavy atom. The van der Waals surface area contributed by atoms with Crippen LogP contribution in [0.2, 0.25) is 0 Å². The molecule has 0 saturated carbocycles. The van der Waals surface area contributed by atoms with Crippen LogP contribution in [0.3, 0.4) is 0 Å². The summed E-state index contributed by atoms with van der Waals surface area (Å²) in [7, 11) is 1.50. The predicted octanol–water partition coefficient (Wildman–Crippen LogP) is 4.45. The van der Waals surface area contributed by atoms with Gasteiger partial charge in [-0.15, -0.1) is 0 Å². The summed E-state index contributed by atoms with van der Waals surface area (Å²) in [5.74, 6) is -0.466. The molecule has 0 radical (unpaired) electrons. The third-order valence-electron chi connectivity index (χ3n) is 4.54. The molecule has 1 aromatic heterocycles. The fourth-order valence-electron chi connectivity index (χ4n) is 3.27. The van der Waals surface area contributed by atoms with Crippen LogP contribution in [0.4, 0.5) is 15.8 Å². The van der Waals surface area contributed by atoms with Crippen LogP contribution in [0, 0.1) is 19.7 Å². The molecule has 2 N–H and O–H groups in total. The lowest BCUT2D eigenvalue weighted by molar-refractivity contribution is -0.114. The van der Waals surface area contributed by atoms with Gasteiger partial charge in [-0.1, -0.05) is 12.1 Å². The van der Waals surface area contributed by atoms with E-state index in [0.717, 1.165) is 5.69 Å². The first-order valence-corrected chi connectivity index (χ1v) is 9.02. The van der Waals surface area contributed by atoms with Gasteiger partial charge < -0.3 is 19.9 Å². The Morgan fingerprint density at radius 1 is 1.03 bits per heavy atom. The molecule has 2 amide bonds. The lowest BCUT2D eigenvalue weighted by Gasteiger charge is -2.13. The smallest absolute Gasteiger partial charge is 0.257 e. The van der Waals surface area contributed by atoms with Crippen molar-refractivity contribution in [1.29, 1.82) is 0 Å². The van der Waals surface area contributed by atoms with Gasteiger partial charge in [-0.2, -0.15) is 0 Å². The molecule has 0 aliphatic heterocycles. The number of hydrogen-bond acceptors (Lipinski definition) is 3. The lowest BCUT2D eigenvalue weighted by atomic mass is 10.2. The molecule has 150 valence electrons. The molecule has 7 heteroatoms. The van der Waals surface area contributed by atoms with Crippen molar-refractivity contribution in [2.45, 2.75) is 20.8 Å². The van der Waals surface area contributed by atoms with Gasteiger partial charge in [0.25, 0.3) is 5.91 Å². The second-order valence-electron chi connectivity index (χ2n) is 6.62. The molecule has 0 aliphatic rings. The summed E-state index contributed by atoms with van der Waals surface area (Å²) >= 11 is 0. The summed E-state index contributed by atoms with van der Waals surface area (Å²) in [6.45, 7) is 4.98. The zero-order valence-corrected chi connectivity index (χ0v) is 16.7. The number of rotatable bonds is 5. The summed E-state index contributed by atoms with van der Waals surface area (Å²) in [6.07, 6.45) is 0. The normalized spacial score (nSPS) is 10.5. The van der Waals surface area contributed by atoms with Crippen LogP contribution in [-0.2, 0) is 4.79 Å². The summed E-state index contributed by atoms with van der Waals surface area (Å²) in [5, 5.41) is 5.49. The maximum absolute atomic E-state index is 14.2. The van der Waals surface area contributed by atoms with Crippen LogP contribution in [0.5, 0.6) is 5.75 Å². The zero-order chi connectivity index (χ0) is 21.1. The van der Waals surface area contributed by atoms with Gasteiger partial charge in [0.05, 0.1) is 24.0 Å². The molecule has 0 saturated heterocycles. The molecule has 1 heterocycles. The number of halogens is 1. The van der Waals surface area contributed by atoms with Crippen LogP contribution in [0.1, 0.15) is 28.7 Å². The molecule has 0 unspecified atom stereocenters. The van der Waals surface area contributed by atoms with Crippen LogP contribution in [0.15, 0.2) is 48.5 Å². The molecule has 3 aromatic rings. The molecule has 0 aliphatic carbocycles. The maximum atomic E-state index is 14.2. The van der Waals surface area contributed by atoms with Gasteiger partial charge in [0.2, 0.25) is 5.91 Å². The van der Waals surface area contributed by atoms with E-state index < -0.39 is 0 Å². The number of benzene rings is 2. The molecular weight excluding hydrogens is 373 g/mol. The number of nitrogens with zero attached hydrogens (tertiary/aromatic N) is 1. The molecule has 0 atom stereocenters. The number of carbonyl (C=O) groups is 2. The number of carbonyl (C=O) groups excluding carboxylic acids is 2. The molecule has 0 fully saturated rings. The molecule has 6 nitrogen and oxygen atoms in total. The minimum atomic E-state index is -0.364. The third-order valence-corrected chi connectivity index (χ3v) is 4.54. The largest absolute Gasteiger partial charge is 0.495 e. The molecule has 3 rings (SSSR count). The Hall–Kier alpha value is -3.61. The Morgan fingerprint density at radius 3 is 2.41 bits per heavy atom. The zero-order valence-electron chi connectivity index (χ0n) is 16.7.